The number of hydrogen-bond acceptors (Lipinski definition) is 4. The highest BCUT2D eigenvalue weighted by Gasteiger charge is 2.25. The van der Waals surface area contributed by atoms with Gasteiger partial charge in [-0.05, 0) is 48.6 Å². The average Bonchev–Trinajstić information content (AvgIpc) is 2.71. The maximum atomic E-state index is 12.8. The molecule has 2 amide bonds. The molecule has 0 atom stereocenters. The van der Waals surface area contributed by atoms with Crippen LogP contribution in [0.15, 0.2) is 53.4 Å². The summed E-state index contributed by atoms with van der Waals surface area (Å²) < 4.78 is 26.6. The molecule has 3 rings (SSSR count). The Bertz CT molecular complexity index is 990. The molecule has 0 aliphatic carbocycles. The van der Waals surface area contributed by atoms with Crippen molar-refractivity contribution in [1.29, 1.82) is 0 Å². The number of amides is 2. The molecule has 0 saturated heterocycles. The fraction of sp³-hybridized carbons (Fsp3) is 0.333. The van der Waals surface area contributed by atoms with Gasteiger partial charge in [-0.3, -0.25) is 9.59 Å². The van der Waals surface area contributed by atoms with Gasteiger partial charge < -0.3 is 10.6 Å². The molecule has 0 spiro atoms. The lowest BCUT2D eigenvalue weighted by Gasteiger charge is -2.20. The first-order valence-corrected chi connectivity index (χ1v) is 11.0. The predicted molar refractivity (Wildman–Crippen MR) is 111 cm³/mol. The highest BCUT2D eigenvalue weighted by Crippen LogP contribution is 2.26. The van der Waals surface area contributed by atoms with Crippen molar-refractivity contribution in [1.82, 2.24) is 9.62 Å². The van der Waals surface area contributed by atoms with Crippen LogP contribution in [0.5, 0.6) is 0 Å². The van der Waals surface area contributed by atoms with Crippen molar-refractivity contribution in [3.05, 3.63) is 59.7 Å². The average molecular weight is 416 g/mol. The van der Waals surface area contributed by atoms with Gasteiger partial charge in [-0.25, -0.2) is 8.42 Å². The lowest BCUT2D eigenvalue weighted by molar-refractivity contribution is -0.121. The Morgan fingerprint density at radius 1 is 1.14 bits per heavy atom. The van der Waals surface area contributed by atoms with Gasteiger partial charge in [-0.15, -0.1) is 0 Å². The molecule has 2 N–H and O–H groups in total. The molecular formula is C21H25N3O4S. The van der Waals surface area contributed by atoms with E-state index in [1.165, 1.54) is 18.7 Å². The summed E-state index contributed by atoms with van der Waals surface area (Å²) >= 11 is 0. The molecule has 0 bridgehead atoms. The summed E-state index contributed by atoms with van der Waals surface area (Å²) in [6.07, 6.45) is 2.46. The van der Waals surface area contributed by atoms with E-state index < -0.39 is 10.0 Å². The van der Waals surface area contributed by atoms with Crippen LogP contribution in [0.2, 0.25) is 0 Å². The van der Waals surface area contributed by atoms with E-state index in [4.69, 9.17) is 0 Å². The van der Waals surface area contributed by atoms with Crippen LogP contribution in [-0.4, -0.2) is 44.7 Å². The number of aryl methyl sites for hydroxylation is 2. The third kappa shape index (κ3) is 5.42. The molecule has 0 aromatic heterocycles. The van der Waals surface area contributed by atoms with Crippen LogP contribution in [0, 0.1) is 0 Å². The third-order valence-corrected chi connectivity index (χ3v) is 6.65. The maximum Gasteiger partial charge on any atom is 0.243 e. The number of sulfonamides is 1. The van der Waals surface area contributed by atoms with Crippen molar-refractivity contribution in [3.63, 3.8) is 0 Å². The summed E-state index contributed by atoms with van der Waals surface area (Å²) in [7, 11) is -2.41. The molecule has 154 valence electrons. The number of hydrogen-bond donors (Lipinski definition) is 2. The van der Waals surface area contributed by atoms with Gasteiger partial charge in [0, 0.05) is 25.7 Å². The van der Waals surface area contributed by atoms with E-state index in [0.717, 1.165) is 22.7 Å². The number of carbonyl (C=O) groups excluding carboxylic acids is 2. The molecule has 7 nitrogen and oxygen atoms in total. The Labute approximate surface area is 171 Å². The van der Waals surface area contributed by atoms with Crippen LogP contribution < -0.4 is 10.6 Å². The fourth-order valence-corrected chi connectivity index (χ4v) is 4.39. The monoisotopic (exact) mass is 415 g/mol. The first-order chi connectivity index (χ1) is 13.9. The standard InChI is InChI=1S/C21H25N3O4S/c1-24(15-21(26)22-13-5-8-16-6-3-2-4-7-16)29(27,28)18-10-11-19-17(14-18)9-12-20(25)23-19/h2-4,6-7,10-11,14H,5,8-9,12-13,15H2,1H3,(H,22,26)(H,23,25). The molecule has 2 aromatic carbocycles. The van der Waals surface area contributed by atoms with Gasteiger partial charge in [0.15, 0.2) is 0 Å². The number of anilines is 1. The molecule has 2 aromatic rings. The second-order valence-corrected chi connectivity index (χ2v) is 9.11. The lowest BCUT2D eigenvalue weighted by atomic mass is 10.0. The highest BCUT2D eigenvalue weighted by molar-refractivity contribution is 7.89. The Hall–Kier alpha value is -2.71. The predicted octanol–water partition coefficient (Wildman–Crippen LogP) is 1.94. The van der Waals surface area contributed by atoms with Crippen molar-refractivity contribution in [3.8, 4) is 0 Å². The Morgan fingerprint density at radius 2 is 1.90 bits per heavy atom. The van der Waals surface area contributed by atoms with Gasteiger partial charge in [0.2, 0.25) is 21.8 Å². The van der Waals surface area contributed by atoms with E-state index in [0.29, 0.717) is 25.1 Å². The van der Waals surface area contributed by atoms with E-state index in [-0.39, 0.29) is 23.3 Å². The first kappa shape index (κ1) is 21.0. The zero-order valence-electron chi connectivity index (χ0n) is 16.3. The molecule has 0 radical (unpaired) electrons. The van der Waals surface area contributed by atoms with Gasteiger partial charge in [0.25, 0.3) is 0 Å². The Balaban J connectivity index is 1.53. The van der Waals surface area contributed by atoms with Crippen LogP contribution in [0.1, 0.15) is 24.0 Å². The molecule has 29 heavy (non-hydrogen) atoms. The number of fused-ring (bicyclic) bond motifs is 1. The van der Waals surface area contributed by atoms with E-state index in [2.05, 4.69) is 10.6 Å². The second kappa shape index (κ2) is 9.19. The SMILES string of the molecule is CN(CC(=O)NCCCc1ccccc1)S(=O)(=O)c1ccc2c(c1)CCC(=O)N2. The summed E-state index contributed by atoms with van der Waals surface area (Å²) in [6.45, 7) is 0.238. The van der Waals surface area contributed by atoms with Gasteiger partial charge in [0.1, 0.15) is 0 Å². The molecule has 1 aliphatic heterocycles. The number of rotatable bonds is 8. The molecule has 0 fully saturated rings. The van der Waals surface area contributed by atoms with Crippen LogP contribution >= 0.6 is 0 Å². The zero-order valence-corrected chi connectivity index (χ0v) is 17.2. The van der Waals surface area contributed by atoms with Crippen molar-refractivity contribution in [2.45, 2.75) is 30.6 Å². The fourth-order valence-electron chi connectivity index (χ4n) is 3.21. The number of likely N-dealkylation sites (N-methyl/N-ethyl adjacent to an activating group) is 1. The minimum absolute atomic E-state index is 0.0749. The van der Waals surface area contributed by atoms with Gasteiger partial charge in [0.05, 0.1) is 11.4 Å². The number of carbonyl (C=O) groups is 2. The van der Waals surface area contributed by atoms with Crippen molar-refractivity contribution in [2.75, 3.05) is 25.5 Å². The van der Waals surface area contributed by atoms with Crippen molar-refractivity contribution >= 4 is 27.5 Å². The van der Waals surface area contributed by atoms with Gasteiger partial charge in [-0.1, -0.05) is 30.3 Å². The maximum absolute atomic E-state index is 12.8. The molecule has 0 saturated carbocycles. The van der Waals surface area contributed by atoms with E-state index in [9.17, 15) is 18.0 Å². The molecule has 1 heterocycles. The van der Waals surface area contributed by atoms with E-state index >= 15 is 0 Å². The normalized spacial score (nSPS) is 13.7. The highest BCUT2D eigenvalue weighted by atomic mass is 32.2. The summed E-state index contributed by atoms with van der Waals surface area (Å²) in [5.41, 5.74) is 2.62. The van der Waals surface area contributed by atoms with E-state index in [1.807, 2.05) is 30.3 Å². The Kier molecular flexibility index (Phi) is 6.66. The topological polar surface area (TPSA) is 95.6 Å². The molecule has 1 aliphatic rings. The van der Waals surface area contributed by atoms with Crippen LogP contribution in [-0.2, 0) is 32.5 Å². The zero-order chi connectivity index (χ0) is 20.9. The minimum atomic E-state index is -3.79. The summed E-state index contributed by atoms with van der Waals surface area (Å²) in [6, 6.07) is 14.6. The number of nitrogens with zero attached hydrogens (tertiary/aromatic N) is 1. The second-order valence-electron chi connectivity index (χ2n) is 7.07. The van der Waals surface area contributed by atoms with Crippen molar-refractivity contribution in [2.24, 2.45) is 0 Å². The van der Waals surface area contributed by atoms with Gasteiger partial charge in [-0.2, -0.15) is 4.31 Å². The smallest absolute Gasteiger partial charge is 0.243 e. The minimum Gasteiger partial charge on any atom is -0.355 e. The van der Waals surface area contributed by atoms with Crippen LogP contribution in [0.3, 0.4) is 0 Å². The molecular weight excluding hydrogens is 390 g/mol. The number of benzene rings is 2. The van der Waals surface area contributed by atoms with Crippen LogP contribution in [0.25, 0.3) is 0 Å². The molecule has 0 unspecified atom stereocenters. The Morgan fingerprint density at radius 3 is 2.66 bits per heavy atom. The molecule has 8 heteroatoms. The van der Waals surface area contributed by atoms with Crippen molar-refractivity contribution < 1.29 is 18.0 Å². The van der Waals surface area contributed by atoms with Crippen LogP contribution in [0.4, 0.5) is 5.69 Å². The summed E-state index contributed by atoms with van der Waals surface area (Å²) in [4.78, 5) is 23.7. The quantitative estimate of drug-likeness (QED) is 0.644. The van der Waals surface area contributed by atoms with E-state index in [1.54, 1.807) is 12.1 Å². The largest absolute Gasteiger partial charge is 0.355 e. The third-order valence-electron chi connectivity index (χ3n) is 4.85. The summed E-state index contributed by atoms with van der Waals surface area (Å²) in [5, 5.41) is 5.50. The van der Waals surface area contributed by atoms with Gasteiger partial charge >= 0.3 is 0 Å². The first-order valence-electron chi connectivity index (χ1n) is 9.56. The summed E-state index contributed by atoms with van der Waals surface area (Å²) in [5.74, 6) is -0.413. The lowest BCUT2D eigenvalue weighted by Crippen LogP contribution is -2.38. The number of nitrogens with one attached hydrogen (secondary N) is 2.